The Morgan fingerprint density at radius 1 is 1.00 bits per heavy atom. The maximum Gasteiger partial charge on any atom is 0.261 e. The van der Waals surface area contributed by atoms with E-state index in [0.29, 0.717) is 30.8 Å². The number of benzene rings is 1. The van der Waals surface area contributed by atoms with E-state index in [1.807, 2.05) is 10.9 Å². The number of anilines is 1. The van der Waals surface area contributed by atoms with Crippen LogP contribution in [0.1, 0.15) is 37.2 Å². The number of nitrogen functional groups attached to an aromatic ring is 1. The molecule has 1 aliphatic carbocycles. The Morgan fingerprint density at radius 3 is 2.41 bits per heavy atom. The van der Waals surface area contributed by atoms with E-state index in [0.717, 1.165) is 35.1 Å². The molecule has 6 rings (SSSR count). The third-order valence-electron chi connectivity index (χ3n) is 6.62. The smallest absolute Gasteiger partial charge is 0.261 e. The van der Waals surface area contributed by atoms with Crippen LogP contribution >= 0.6 is 0 Å². The lowest BCUT2D eigenvalue weighted by molar-refractivity contribution is -0.0286. The first-order valence-electron chi connectivity index (χ1n) is 10.8. The molecule has 0 amide bonds. The van der Waals surface area contributed by atoms with Crippen molar-refractivity contribution in [3.63, 3.8) is 0 Å². The molecule has 0 radical (unpaired) electrons. The van der Waals surface area contributed by atoms with Gasteiger partial charge in [-0.3, -0.25) is 4.68 Å². The molecule has 9 heteroatoms. The lowest BCUT2D eigenvalue weighted by Gasteiger charge is -2.27. The Labute approximate surface area is 184 Å². The monoisotopic (exact) mass is 429 g/mol. The van der Waals surface area contributed by atoms with Gasteiger partial charge in [0.15, 0.2) is 5.82 Å². The Morgan fingerprint density at radius 2 is 1.75 bits per heavy atom. The summed E-state index contributed by atoms with van der Waals surface area (Å²) in [5.41, 5.74) is 9.23. The van der Waals surface area contributed by atoms with E-state index in [1.165, 1.54) is 0 Å². The molecule has 2 N–H and O–H groups in total. The van der Waals surface area contributed by atoms with Gasteiger partial charge in [-0.15, -0.1) is 0 Å². The Kier molecular flexibility index (Phi) is 4.32. The molecule has 162 valence electrons. The standard InChI is InChI=1S/C23H23N7O2/c1-23(18-6-7-18,17-4-2-14(3-5-17)15-8-25-22(24)26-9-15)21-28-20(32-29-21)16-10-27-30(11-16)19-12-31-13-19/h2-5,8-11,18-19H,6-7,12-13H2,1H3,(H2,24,25,26)/t23-/m1/s1. The van der Waals surface area contributed by atoms with Gasteiger partial charge in [0.1, 0.15) is 0 Å². The summed E-state index contributed by atoms with van der Waals surface area (Å²) in [4.78, 5) is 13.0. The molecular weight excluding hydrogens is 406 g/mol. The van der Waals surface area contributed by atoms with Crippen LogP contribution in [0.4, 0.5) is 5.95 Å². The van der Waals surface area contributed by atoms with Crippen LogP contribution in [0.5, 0.6) is 0 Å². The molecule has 1 aliphatic heterocycles. The molecule has 1 saturated heterocycles. The van der Waals surface area contributed by atoms with Crippen LogP contribution in [0.2, 0.25) is 0 Å². The van der Waals surface area contributed by atoms with Gasteiger partial charge in [0.25, 0.3) is 5.89 Å². The van der Waals surface area contributed by atoms with Crippen molar-refractivity contribution in [1.29, 1.82) is 0 Å². The molecule has 1 saturated carbocycles. The molecule has 32 heavy (non-hydrogen) atoms. The normalized spacial score (nSPS) is 18.3. The van der Waals surface area contributed by atoms with Crippen LogP contribution in [0.25, 0.3) is 22.6 Å². The Hall–Kier alpha value is -3.59. The summed E-state index contributed by atoms with van der Waals surface area (Å²) in [7, 11) is 0. The molecule has 0 unspecified atom stereocenters. The third kappa shape index (κ3) is 3.16. The predicted octanol–water partition coefficient (Wildman–Crippen LogP) is 3.26. The minimum atomic E-state index is -0.324. The second-order valence-corrected chi connectivity index (χ2v) is 8.71. The van der Waals surface area contributed by atoms with E-state index in [4.69, 9.17) is 20.0 Å². The lowest BCUT2D eigenvalue weighted by atomic mass is 9.77. The molecule has 2 fully saturated rings. The van der Waals surface area contributed by atoms with E-state index in [2.05, 4.69) is 51.4 Å². The number of hydrogen-bond donors (Lipinski definition) is 1. The second-order valence-electron chi connectivity index (χ2n) is 8.71. The van der Waals surface area contributed by atoms with Gasteiger partial charge in [0.05, 0.1) is 36.4 Å². The van der Waals surface area contributed by atoms with E-state index < -0.39 is 0 Å². The molecule has 1 atom stereocenters. The second kappa shape index (κ2) is 7.23. The topological polar surface area (TPSA) is 118 Å². The third-order valence-corrected chi connectivity index (χ3v) is 6.62. The molecule has 2 aliphatic rings. The Balaban J connectivity index is 1.31. The number of hydrogen-bond acceptors (Lipinski definition) is 8. The van der Waals surface area contributed by atoms with Gasteiger partial charge >= 0.3 is 0 Å². The fourth-order valence-corrected chi connectivity index (χ4v) is 4.28. The van der Waals surface area contributed by atoms with Crippen molar-refractivity contribution in [3.05, 3.63) is 60.4 Å². The summed E-state index contributed by atoms with van der Waals surface area (Å²) in [5.74, 6) is 1.95. The molecule has 4 heterocycles. The maximum atomic E-state index is 5.67. The number of nitrogens with zero attached hydrogens (tertiary/aromatic N) is 6. The summed E-state index contributed by atoms with van der Waals surface area (Å²) in [6.07, 6.45) is 9.48. The van der Waals surface area contributed by atoms with Crippen LogP contribution in [0.15, 0.2) is 53.6 Å². The summed E-state index contributed by atoms with van der Waals surface area (Å²) in [6, 6.07) is 8.71. The largest absolute Gasteiger partial charge is 0.377 e. The van der Waals surface area contributed by atoms with Crippen LogP contribution in [0.3, 0.4) is 0 Å². The first-order chi connectivity index (χ1) is 15.6. The zero-order chi connectivity index (χ0) is 21.7. The van der Waals surface area contributed by atoms with E-state index in [9.17, 15) is 0 Å². The predicted molar refractivity (Wildman–Crippen MR) is 116 cm³/mol. The lowest BCUT2D eigenvalue weighted by Crippen LogP contribution is -2.30. The quantitative estimate of drug-likeness (QED) is 0.496. The van der Waals surface area contributed by atoms with Gasteiger partial charge in [-0.25, -0.2) is 9.97 Å². The van der Waals surface area contributed by atoms with E-state index >= 15 is 0 Å². The Bertz CT molecular complexity index is 1240. The van der Waals surface area contributed by atoms with Crippen molar-refractivity contribution in [1.82, 2.24) is 29.9 Å². The van der Waals surface area contributed by atoms with Crippen molar-refractivity contribution in [3.8, 4) is 22.6 Å². The summed E-state index contributed by atoms with van der Waals surface area (Å²) in [5, 5.41) is 8.83. The molecule has 0 bridgehead atoms. The van der Waals surface area contributed by atoms with Gasteiger partial charge in [0.2, 0.25) is 5.95 Å². The first kappa shape index (κ1) is 19.1. The van der Waals surface area contributed by atoms with Crippen molar-refractivity contribution < 1.29 is 9.26 Å². The van der Waals surface area contributed by atoms with Gasteiger partial charge in [-0.2, -0.15) is 10.1 Å². The molecule has 0 spiro atoms. The van der Waals surface area contributed by atoms with Crippen molar-refractivity contribution in [2.45, 2.75) is 31.2 Å². The fourth-order valence-electron chi connectivity index (χ4n) is 4.28. The van der Waals surface area contributed by atoms with Crippen LogP contribution < -0.4 is 5.73 Å². The highest BCUT2D eigenvalue weighted by Gasteiger charge is 2.47. The zero-order valence-electron chi connectivity index (χ0n) is 17.7. The minimum Gasteiger partial charge on any atom is -0.377 e. The number of aromatic nitrogens is 6. The van der Waals surface area contributed by atoms with Crippen molar-refractivity contribution in [2.75, 3.05) is 18.9 Å². The average molecular weight is 429 g/mol. The minimum absolute atomic E-state index is 0.270. The number of nitrogens with two attached hydrogens (primary N) is 1. The summed E-state index contributed by atoms with van der Waals surface area (Å²) < 4.78 is 12.8. The highest BCUT2D eigenvalue weighted by molar-refractivity contribution is 5.63. The fraction of sp³-hybridized carbons (Fsp3) is 0.348. The number of rotatable bonds is 6. The highest BCUT2D eigenvalue weighted by Crippen LogP contribution is 2.50. The van der Waals surface area contributed by atoms with Crippen LogP contribution in [-0.4, -0.2) is 43.1 Å². The van der Waals surface area contributed by atoms with Gasteiger partial charge in [-0.05, 0) is 36.8 Å². The van der Waals surface area contributed by atoms with Gasteiger partial charge < -0.3 is 15.0 Å². The van der Waals surface area contributed by atoms with E-state index in [1.54, 1.807) is 18.6 Å². The van der Waals surface area contributed by atoms with Crippen molar-refractivity contribution >= 4 is 5.95 Å². The van der Waals surface area contributed by atoms with Crippen molar-refractivity contribution in [2.24, 2.45) is 5.92 Å². The van der Waals surface area contributed by atoms with Crippen LogP contribution in [0, 0.1) is 5.92 Å². The maximum absolute atomic E-state index is 5.67. The highest BCUT2D eigenvalue weighted by atomic mass is 16.5. The van der Waals surface area contributed by atoms with E-state index in [-0.39, 0.29) is 17.4 Å². The number of ether oxygens (including phenoxy) is 1. The average Bonchev–Trinajstić information content (AvgIpc) is 3.33. The molecule has 1 aromatic carbocycles. The van der Waals surface area contributed by atoms with Gasteiger partial charge in [0, 0.05) is 24.2 Å². The van der Waals surface area contributed by atoms with Gasteiger partial charge in [-0.1, -0.05) is 29.4 Å². The SMILES string of the molecule is C[C@](c1ccc(-c2cnc(N)nc2)cc1)(c1noc(-c2cnn(C3COC3)c2)n1)C1CC1. The molecule has 3 aromatic heterocycles. The zero-order valence-corrected chi connectivity index (χ0v) is 17.7. The molecular formula is C23H23N7O2. The molecule has 4 aromatic rings. The summed E-state index contributed by atoms with van der Waals surface area (Å²) in [6.45, 7) is 3.58. The first-order valence-corrected chi connectivity index (χ1v) is 10.8. The van der Waals surface area contributed by atoms with Crippen LogP contribution in [-0.2, 0) is 10.2 Å². The molecule has 9 nitrogen and oxygen atoms in total. The summed E-state index contributed by atoms with van der Waals surface area (Å²) >= 11 is 0.